The number of hydrogen-bond donors (Lipinski definition) is 3. The Bertz CT molecular complexity index is 890. The number of hydrogen-bond acceptors (Lipinski definition) is 6. The Morgan fingerprint density at radius 2 is 2.00 bits per heavy atom. The fourth-order valence-electron chi connectivity index (χ4n) is 4.07. The fourth-order valence-corrected chi connectivity index (χ4v) is 4.07. The first-order chi connectivity index (χ1) is 15.5. The molecule has 3 N–H and O–H groups in total. The Morgan fingerprint density at radius 3 is 2.81 bits per heavy atom. The Morgan fingerprint density at radius 1 is 1.19 bits per heavy atom. The second-order valence-corrected chi connectivity index (χ2v) is 8.13. The summed E-state index contributed by atoms with van der Waals surface area (Å²) >= 11 is 0. The van der Waals surface area contributed by atoms with Gasteiger partial charge in [-0.15, -0.1) is 0 Å². The van der Waals surface area contributed by atoms with Gasteiger partial charge in [-0.25, -0.2) is 4.79 Å². The molecule has 4 atom stereocenters. The lowest BCUT2D eigenvalue weighted by atomic mass is 9.91. The molecule has 1 fully saturated rings. The third kappa shape index (κ3) is 6.80. The van der Waals surface area contributed by atoms with Crippen LogP contribution in [0.2, 0.25) is 0 Å². The number of ether oxygens (including phenoxy) is 2. The summed E-state index contributed by atoms with van der Waals surface area (Å²) in [5, 5.41) is 23.2. The molecule has 2 bridgehead atoms. The first kappa shape index (κ1) is 23.8. The zero-order valence-electron chi connectivity index (χ0n) is 18.3. The number of aliphatic hydroxyl groups excluding tert-OH is 1. The van der Waals surface area contributed by atoms with E-state index in [1.54, 1.807) is 24.3 Å². The molecule has 0 aromatic heterocycles. The molecule has 3 rings (SSSR count). The van der Waals surface area contributed by atoms with Gasteiger partial charge >= 0.3 is 5.97 Å². The number of aromatic hydroxyl groups is 1. The highest BCUT2D eigenvalue weighted by Crippen LogP contribution is 2.32. The molecule has 32 heavy (non-hydrogen) atoms. The average molecular weight is 442 g/mol. The lowest BCUT2D eigenvalue weighted by Gasteiger charge is -2.36. The van der Waals surface area contributed by atoms with Crippen LogP contribution in [0.5, 0.6) is 5.75 Å². The number of fused-ring (bicyclic) bond motifs is 3. The van der Waals surface area contributed by atoms with Crippen LogP contribution in [0, 0.1) is 0 Å². The van der Waals surface area contributed by atoms with Gasteiger partial charge < -0.3 is 25.0 Å². The predicted molar refractivity (Wildman–Crippen MR) is 120 cm³/mol. The number of benzene rings is 1. The smallest absolute Gasteiger partial charge is 0.342 e. The van der Waals surface area contributed by atoms with Gasteiger partial charge in [-0.2, -0.15) is 0 Å². The SMILES string of the molecule is CC/C=C\C=C/C(=O)N/C=C/CC1CC2C[C@H](O)CC(Cc3cccc(O)c3C(=O)O1)O2. The molecule has 1 amide bonds. The number of esters is 1. The summed E-state index contributed by atoms with van der Waals surface area (Å²) in [5.41, 5.74) is 0.780. The maximum atomic E-state index is 12.9. The van der Waals surface area contributed by atoms with Crippen molar-refractivity contribution in [2.45, 2.75) is 69.9 Å². The Balaban J connectivity index is 1.70. The molecule has 3 unspecified atom stereocenters. The van der Waals surface area contributed by atoms with Gasteiger partial charge in [-0.3, -0.25) is 4.79 Å². The van der Waals surface area contributed by atoms with Crippen LogP contribution in [0.1, 0.15) is 54.9 Å². The molecule has 2 aliphatic heterocycles. The maximum Gasteiger partial charge on any atom is 0.342 e. The van der Waals surface area contributed by atoms with E-state index in [2.05, 4.69) is 5.32 Å². The summed E-state index contributed by atoms with van der Waals surface area (Å²) in [7, 11) is 0. The van der Waals surface area contributed by atoms with Crippen LogP contribution in [-0.4, -0.2) is 46.5 Å². The van der Waals surface area contributed by atoms with E-state index in [-0.39, 0.29) is 29.4 Å². The summed E-state index contributed by atoms with van der Waals surface area (Å²) < 4.78 is 11.9. The van der Waals surface area contributed by atoms with E-state index >= 15 is 0 Å². The molecule has 1 aromatic rings. The van der Waals surface area contributed by atoms with Crippen LogP contribution in [0.3, 0.4) is 0 Å². The van der Waals surface area contributed by atoms with E-state index in [9.17, 15) is 19.8 Å². The van der Waals surface area contributed by atoms with E-state index in [1.165, 1.54) is 18.3 Å². The zero-order valence-corrected chi connectivity index (χ0v) is 18.3. The molecule has 1 aromatic carbocycles. The number of aliphatic hydroxyl groups is 1. The molecule has 7 heteroatoms. The van der Waals surface area contributed by atoms with Crippen molar-refractivity contribution in [3.63, 3.8) is 0 Å². The molecule has 0 aliphatic carbocycles. The van der Waals surface area contributed by atoms with Crippen LogP contribution >= 0.6 is 0 Å². The van der Waals surface area contributed by atoms with Gasteiger partial charge in [0.15, 0.2) is 0 Å². The van der Waals surface area contributed by atoms with Crippen molar-refractivity contribution in [1.29, 1.82) is 0 Å². The normalized spacial score (nSPS) is 26.2. The highest BCUT2D eigenvalue weighted by atomic mass is 16.5. The number of phenolic OH excluding ortho intramolecular Hbond substituents is 1. The van der Waals surface area contributed by atoms with Gasteiger partial charge in [0, 0.05) is 25.1 Å². The average Bonchev–Trinajstić information content (AvgIpc) is 2.73. The van der Waals surface area contributed by atoms with Crippen LogP contribution in [-0.2, 0) is 20.7 Å². The highest BCUT2D eigenvalue weighted by Gasteiger charge is 2.34. The molecule has 2 heterocycles. The number of amides is 1. The summed E-state index contributed by atoms with van der Waals surface area (Å²) in [4.78, 5) is 24.7. The molecular weight excluding hydrogens is 410 g/mol. The van der Waals surface area contributed by atoms with Gasteiger partial charge in [0.2, 0.25) is 5.91 Å². The number of allylic oxidation sites excluding steroid dienone is 3. The number of nitrogens with one attached hydrogen (secondary N) is 1. The van der Waals surface area contributed by atoms with E-state index < -0.39 is 18.2 Å². The van der Waals surface area contributed by atoms with Gasteiger partial charge in [0.05, 0.1) is 18.3 Å². The monoisotopic (exact) mass is 441 g/mol. The number of rotatable bonds is 6. The first-order valence-electron chi connectivity index (χ1n) is 11.1. The van der Waals surface area contributed by atoms with Crippen molar-refractivity contribution in [3.8, 4) is 5.75 Å². The van der Waals surface area contributed by atoms with Crippen molar-refractivity contribution in [2.24, 2.45) is 0 Å². The van der Waals surface area contributed by atoms with Crippen molar-refractivity contribution >= 4 is 11.9 Å². The van der Waals surface area contributed by atoms with E-state index in [0.29, 0.717) is 37.7 Å². The highest BCUT2D eigenvalue weighted by molar-refractivity contribution is 5.94. The minimum absolute atomic E-state index is 0.133. The van der Waals surface area contributed by atoms with E-state index in [1.807, 2.05) is 19.1 Å². The summed E-state index contributed by atoms with van der Waals surface area (Å²) in [6, 6.07) is 4.91. The van der Waals surface area contributed by atoms with E-state index in [4.69, 9.17) is 9.47 Å². The summed E-state index contributed by atoms with van der Waals surface area (Å²) in [6.45, 7) is 2.01. The molecule has 0 saturated carbocycles. The van der Waals surface area contributed by atoms with Crippen molar-refractivity contribution in [3.05, 3.63) is 65.9 Å². The van der Waals surface area contributed by atoms with Crippen LogP contribution < -0.4 is 5.32 Å². The fraction of sp³-hybridized carbons (Fsp3) is 0.440. The summed E-state index contributed by atoms with van der Waals surface area (Å²) in [5.74, 6) is -0.969. The number of cyclic esters (lactones) is 1. The molecular formula is C25H31NO6. The zero-order chi connectivity index (χ0) is 22.9. The largest absolute Gasteiger partial charge is 0.507 e. The second kappa shape index (κ2) is 11.6. The van der Waals surface area contributed by atoms with Crippen molar-refractivity contribution in [2.75, 3.05) is 0 Å². The van der Waals surface area contributed by atoms with Crippen LogP contribution in [0.15, 0.2) is 54.8 Å². The third-order valence-electron chi connectivity index (χ3n) is 5.51. The summed E-state index contributed by atoms with van der Waals surface area (Å²) in [6.07, 6.45) is 11.7. The van der Waals surface area contributed by atoms with Crippen LogP contribution in [0.4, 0.5) is 0 Å². The molecule has 172 valence electrons. The standard InChI is InChI=1S/C25H31NO6/c1-2-3-4-5-11-23(29)26-12-7-9-19-16-21-15-18(27)14-20(31-21)13-17-8-6-10-22(28)24(17)25(30)32-19/h3-8,10-12,18-21,27-28H,2,9,13-16H2,1H3,(H,26,29)/b4-3-,11-5-,12-7+/t18-,19?,20?,21?/m1/s1. The number of carbonyl (C=O) groups is 2. The van der Waals surface area contributed by atoms with Crippen molar-refractivity contribution in [1.82, 2.24) is 5.32 Å². The predicted octanol–water partition coefficient (Wildman–Crippen LogP) is 3.31. The molecule has 7 nitrogen and oxygen atoms in total. The Hall–Kier alpha value is -2.90. The minimum atomic E-state index is -0.577. The van der Waals surface area contributed by atoms with E-state index in [0.717, 1.165) is 6.42 Å². The lowest BCUT2D eigenvalue weighted by Crippen LogP contribution is -2.40. The molecule has 2 aliphatic rings. The second-order valence-electron chi connectivity index (χ2n) is 8.13. The van der Waals surface area contributed by atoms with Gasteiger partial charge in [0.1, 0.15) is 17.4 Å². The molecule has 1 saturated heterocycles. The topological polar surface area (TPSA) is 105 Å². The van der Waals surface area contributed by atoms with Gasteiger partial charge in [-0.1, -0.05) is 43.4 Å². The van der Waals surface area contributed by atoms with Crippen LogP contribution in [0.25, 0.3) is 0 Å². The molecule has 0 spiro atoms. The Labute approximate surface area is 188 Å². The maximum absolute atomic E-state index is 12.9. The minimum Gasteiger partial charge on any atom is -0.507 e. The van der Waals surface area contributed by atoms with Gasteiger partial charge in [0.25, 0.3) is 0 Å². The molecule has 0 radical (unpaired) electrons. The third-order valence-corrected chi connectivity index (χ3v) is 5.51. The quantitative estimate of drug-likeness (QED) is 0.355. The van der Waals surface area contributed by atoms with Crippen molar-refractivity contribution < 1.29 is 29.3 Å². The number of phenols is 1. The number of carbonyl (C=O) groups excluding carboxylic acids is 2. The lowest BCUT2D eigenvalue weighted by molar-refractivity contribution is -0.115. The Kier molecular flexibility index (Phi) is 8.64. The first-order valence-corrected chi connectivity index (χ1v) is 11.1. The van der Waals surface area contributed by atoms with Gasteiger partial charge in [-0.05, 0) is 37.3 Å².